The van der Waals surface area contributed by atoms with Gasteiger partial charge in [-0.25, -0.2) is 4.68 Å². The highest BCUT2D eigenvalue weighted by Crippen LogP contribution is 2.34. The zero-order valence-corrected chi connectivity index (χ0v) is 15.6. The van der Waals surface area contributed by atoms with Gasteiger partial charge in [-0.15, -0.1) is 0 Å². The second-order valence-electron chi connectivity index (χ2n) is 6.05. The van der Waals surface area contributed by atoms with E-state index in [0.29, 0.717) is 21.4 Å². The number of anilines is 1. The highest BCUT2D eigenvalue weighted by atomic mass is 35.5. The van der Waals surface area contributed by atoms with Crippen LogP contribution in [-0.4, -0.2) is 25.9 Å². The van der Waals surface area contributed by atoms with Crippen LogP contribution in [-0.2, 0) is 0 Å². The summed E-state index contributed by atoms with van der Waals surface area (Å²) in [4.78, 5) is 12.5. The molecule has 0 radical (unpaired) electrons. The Hall–Kier alpha value is -1.63. The van der Waals surface area contributed by atoms with Crippen LogP contribution in [0.15, 0.2) is 35.3 Å². The SMILES string of the molecule is Nc1cc(Cl)c(-n2ncc3c2ccc(=O)n3C2CCSCC2)c(Cl)c1. The number of hydrogen-bond acceptors (Lipinski definition) is 4. The second kappa shape index (κ2) is 6.59. The fourth-order valence-electron chi connectivity index (χ4n) is 3.33. The molecule has 1 aliphatic rings. The maximum absolute atomic E-state index is 12.5. The van der Waals surface area contributed by atoms with Crippen molar-refractivity contribution >= 4 is 51.7 Å². The van der Waals surface area contributed by atoms with Gasteiger partial charge in [-0.1, -0.05) is 23.2 Å². The fourth-order valence-corrected chi connectivity index (χ4v) is 5.07. The van der Waals surface area contributed by atoms with Crippen molar-refractivity contribution in [3.63, 3.8) is 0 Å². The number of thioether (sulfide) groups is 1. The molecular weight excluding hydrogens is 379 g/mol. The number of benzene rings is 1. The largest absolute Gasteiger partial charge is 0.399 e. The zero-order chi connectivity index (χ0) is 17.6. The molecule has 4 rings (SSSR count). The first kappa shape index (κ1) is 16.8. The van der Waals surface area contributed by atoms with E-state index in [-0.39, 0.29) is 11.6 Å². The van der Waals surface area contributed by atoms with Crippen molar-refractivity contribution in [2.45, 2.75) is 18.9 Å². The van der Waals surface area contributed by atoms with Crippen LogP contribution in [0.5, 0.6) is 0 Å². The van der Waals surface area contributed by atoms with E-state index < -0.39 is 0 Å². The van der Waals surface area contributed by atoms with Gasteiger partial charge in [0.1, 0.15) is 5.69 Å². The predicted octanol–water partition coefficient (Wildman–Crippen LogP) is 4.14. The minimum Gasteiger partial charge on any atom is -0.399 e. The van der Waals surface area contributed by atoms with Crippen LogP contribution in [0.3, 0.4) is 0 Å². The Labute approximate surface area is 158 Å². The van der Waals surface area contributed by atoms with E-state index in [9.17, 15) is 4.79 Å². The van der Waals surface area contributed by atoms with Crippen molar-refractivity contribution in [3.05, 3.63) is 50.9 Å². The lowest BCUT2D eigenvalue weighted by atomic mass is 10.1. The van der Waals surface area contributed by atoms with E-state index >= 15 is 0 Å². The van der Waals surface area contributed by atoms with Gasteiger partial charge in [0.15, 0.2) is 0 Å². The third-order valence-corrected chi connectivity index (χ3v) is 6.10. The summed E-state index contributed by atoms with van der Waals surface area (Å²) in [5.41, 5.74) is 8.44. The van der Waals surface area contributed by atoms with Crippen molar-refractivity contribution in [2.24, 2.45) is 0 Å². The van der Waals surface area contributed by atoms with E-state index in [0.717, 1.165) is 35.4 Å². The summed E-state index contributed by atoms with van der Waals surface area (Å²) in [7, 11) is 0. The second-order valence-corrected chi connectivity index (χ2v) is 8.08. The topological polar surface area (TPSA) is 65.8 Å². The summed E-state index contributed by atoms with van der Waals surface area (Å²) in [5.74, 6) is 2.13. The Morgan fingerprint density at radius 1 is 1.12 bits per heavy atom. The Balaban J connectivity index is 1.93. The highest BCUT2D eigenvalue weighted by Gasteiger charge is 2.21. The van der Waals surface area contributed by atoms with Crippen molar-refractivity contribution in [3.8, 4) is 5.69 Å². The van der Waals surface area contributed by atoms with Gasteiger partial charge in [0.25, 0.3) is 5.56 Å². The van der Waals surface area contributed by atoms with Gasteiger partial charge in [-0.3, -0.25) is 4.79 Å². The van der Waals surface area contributed by atoms with Gasteiger partial charge in [0, 0.05) is 17.8 Å². The van der Waals surface area contributed by atoms with Crippen LogP contribution in [0.1, 0.15) is 18.9 Å². The Morgan fingerprint density at radius 2 is 1.80 bits per heavy atom. The lowest BCUT2D eigenvalue weighted by Gasteiger charge is -2.24. The molecule has 0 amide bonds. The number of pyridine rings is 1. The smallest absolute Gasteiger partial charge is 0.251 e. The minimum absolute atomic E-state index is 0.00144. The molecule has 2 N–H and O–H groups in total. The molecule has 1 fully saturated rings. The molecule has 1 aromatic carbocycles. The molecule has 3 heterocycles. The molecule has 8 heteroatoms. The van der Waals surface area contributed by atoms with Crippen LogP contribution in [0, 0.1) is 0 Å². The standard InChI is InChI=1S/C17H16Cl2N4OS/c18-12-7-10(20)8-13(19)17(12)23-14-1-2-16(24)22(15(14)9-21-23)11-3-5-25-6-4-11/h1-2,7-9,11H,3-6,20H2. The number of nitrogen functional groups attached to an aromatic ring is 1. The lowest BCUT2D eigenvalue weighted by Crippen LogP contribution is -2.26. The Kier molecular flexibility index (Phi) is 4.43. The maximum atomic E-state index is 12.5. The number of nitrogens with two attached hydrogens (primary N) is 1. The summed E-state index contributed by atoms with van der Waals surface area (Å²) in [6, 6.07) is 6.84. The number of nitrogens with zero attached hydrogens (tertiary/aromatic N) is 3. The molecule has 25 heavy (non-hydrogen) atoms. The fraction of sp³-hybridized carbons (Fsp3) is 0.294. The molecule has 1 saturated heterocycles. The van der Waals surface area contributed by atoms with Crippen LogP contribution < -0.4 is 11.3 Å². The van der Waals surface area contributed by atoms with Crippen molar-refractivity contribution in [1.29, 1.82) is 0 Å². The number of rotatable bonds is 2. The minimum atomic E-state index is -0.00144. The van der Waals surface area contributed by atoms with Crippen LogP contribution in [0.2, 0.25) is 10.0 Å². The number of halogens is 2. The van der Waals surface area contributed by atoms with Crippen LogP contribution >= 0.6 is 35.0 Å². The predicted molar refractivity (Wildman–Crippen MR) is 105 cm³/mol. The van der Waals surface area contributed by atoms with E-state index in [4.69, 9.17) is 28.9 Å². The third kappa shape index (κ3) is 2.92. The molecule has 0 unspecified atom stereocenters. The molecule has 0 spiro atoms. The summed E-state index contributed by atoms with van der Waals surface area (Å²) < 4.78 is 3.53. The molecule has 3 aromatic rings. The molecule has 5 nitrogen and oxygen atoms in total. The number of fused-ring (bicyclic) bond motifs is 1. The van der Waals surface area contributed by atoms with E-state index in [1.165, 1.54) is 0 Å². The average molecular weight is 395 g/mol. The lowest BCUT2D eigenvalue weighted by molar-refractivity contribution is 0.470. The van der Waals surface area contributed by atoms with E-state index in [2.05, 4.69) is 5.10 Å². The third-order valence-electron chi connectivity index (χ3n) is 4.47. The van der Waals surface area contributed by atoms with Gasteiger partial charge in [0.05, 0.1) is 27.3 Å². The highest BCUT2D eigenvalue weighted by molar-refractivity contribution is 7.99. The summed E-state index contributed by atoms with van der Waals surface area (Å²) in [6.45, 7) is 0. The summed E-state index contributed by atoms with van der Waals surface area (Å²) >= 11 is 14.6. The average Bonchev–Trinajstić information content (AvgIpc) is 2.98. The van der Waals surface area contributed by atoms with Gasteiger partial charge in [0.2, 0.25) is 0 Å². The van der Waals surface area contributed by atoms with Gasteiger partial charge in [-0.2, -0.15) is 16.9 Å². The van der Waals surface area contributed by atoms with Crippen molar-refractivity contribution in [1.82, 2.24) is 14.3 Å². The van der Waals surface area contributed by atoms with Crippen molar-refractivity contribution in [2.75, 3.05) is 17.2 Å². The quantitative estimate of drug-likeness (QED) is 0.663. The first-order valence-corrected chi connectivity index (χ1v) is 9.89. The molecule has 0 bridgehead atoms. The maximum Gasteiger partial charge on any atom is 0.251 e. The molecule has 2 aromatic heterocycles. The Bertz CT molecular complexity index is 985. The van der Waals surface area contributed by atoms with Gasteiger partial charge >= 0.3 is 0 Å². The normalized spacial score (nSPS) is 15.8. The number of hydrogen-bond donors (Lipinski definition) is 1. The molecule has 0 saturated carbocycles. The molecule has 130 valence electrons. The van der Waals surface area contributed by atoms with Gasteiger partial charge < -0.3 is 10.3 Å². The zero-order valence-electron chi connectivity index (χ0n) is 13.3. The van der Waals surface area contributed by atoms with Crippen molar-refractivity contribution < 1.29 is 0 Å². The van der Waals surface area contributed by atoms with Crippen LogP contribution in [0.4, 0.5) is 5.69 Å². The van der Waals surface area contributed by atoms with E-state index in [1.807, 2.05) is 16.3 Å². The summed E-state index contributed by atoms with van der Waals surface area (Å²) in [5, 5.41) is 5.29. The number of aromatic nitrogens is 3. The molecular formula is C17H16Cl2N4OS. The van der Waals surface area contributed by atoms with Gasteiger partial charge in [-0.05, 0) is 42.5 Å². The molecule has 0 aliphatic carbocycles. The Morgan fingerprint density at radius 3 is 2.48 bits per heavy atom. The monoisotopic (exact) mass is 394 g/mol. The first-order valence-electron chi connectivity index (χ1n) is 7.98. The summed E-state index contributed by atoms with van der Waals surface area (Å²) in [6.07, 6.45) is 3.68. The molecule has 1 aliphatic heterocycles. The first-order chi connectivity index (χ1) is 12.1. The van der Waals surface area contributed by atoms with E-state index in [1.54, 1.807) is 35.1 Å². The molecule has 0 atom stereocenters. The van der Waals surface area contributed by atoms with Crippen LogP contribution in [0.25, 0.3) is 16.7 Å².